The molecule has 0 N–H and O–H groups in total. The fourth-order valence-corrected chi connectivity index (χ4v) is 4.05. The van der Waals surface area contributed by atoms with E-state index in [0.29, 0.717) is 35.1 Å². The summed E-state index contributed by atoms with van der Waals surface area (Å²) in [5.74, 6) is -0.166. The second-order valence-electron chi connectivity index (χ2n) is 6.73. The predicted molar refractivity (Wildman–Crippen MR) is 88.2 cm³/mol. The molecule has 7 heteroatoms. The van der Waals surface area contributed by atoms with Crippen LogP contribution < -0.4 is 0 Å². The van der Waals surface area contributed by atoms with Gasteiger partial charge in [-0.3, -0.25) is 9.80 Å². The Morgan fingerprint density at radius 3 is 2.44 bits per heavy atom. The van der Waals surface area contributed by atoms with E-state index in [1.165, 1.54) is 4.57 Å². The monoisotopic (exact) mass is 351 g/mol. The maximum atomic E-state index is 13.1. The number of hydrogen-bond donors (Lipinski definition) is 0. The second kappa shape index (κ2) is 6.05. The third kappa shape index (κ3) is 2.90. The maximum absolute atomic E-state index is 13.1. The highest BCUT2D eigenvalue weighted by molar-refractivity contribution is 6.09. The highest BCUT2D eigenvalue weighted by Gasteiger charge is 2.37. The number of carbonyl (C=O) groups excluding carboxylic acids is 1. The van der Waals surface area contributed by atoms with Crippen LogP contribution in [0.1, 0.15) is 35.3 Å². The van der Waals surface area contributed by atoms with E-state index in [0.717, 1.165) is 32.4 Å². The number of alkyl halides is 3. The molecule has 2 aliphatic rings. The molecule has 3 heterocycles. The quantitative estimate of drug-likeness (QED) is 0.827. The molecule has 134 valence electrons. The number of aromatic nitrogens is 1. The summed E-state index contributed by atoms with van der Waals surface area (Å²) < 4.78 is 40.4. The Labute approximate surface area is 143 Å². The number of hydrazine groups is 1. The number of amides is 1. The van der Waals surface area contributed by atoms with Crippen molar-refractivity contribution >= 4 is 16.8 Å². The lowest BCUT2D eigenvalue weighted by molar-refractivity contribution is -0.140. The molecule has 4 rings (SSSR count). The number of fused-ring (bicyclic) bond motifs is 3. The lowest BCUT2D eigenvalue weighted by Crippen LogP contribution is -2.51. The topological polar surface area (TPSA) is 28.5 Å². The second-order valence-corrected chi connectivity index (χ2v) is 6.73. The van der Waals surface area contributed by atoms with E-state index in [9.17, 15) is 18.0 Å². The molecule has 1 fully saturated rings. The third-order valence-electron chi connectivity index (χ3n) is 5.10. The number of para-hydroxylation sites is 1. The summed E-state index contributed by atoms with van der Waals surface area (Å²) >= 11 is 0. The maximum Gasteiger partial charge on any atom is 0.406 e. The Bertz CT molecular complexity index is 806. The van der Waals surface area contributed by atoms with Gasteiger partial charge in [-0.1, -0.05) is 24.6 Å². The molecule has 1 amide bonds. The molecule has 0 saturated carbocycles. The van der Waals surface area contributed by atoms with E-state index in [1.807, 2.05) is 0 Å². The molecule has 0 aliphatic carbocycles. The minimum atomic E-state index is -4.32. The number of halogens is 3. The zero-order valence-electron chi connectivity index (χ0n) is 13.9. The number of rotatable bonds is 2. The first-order chi connectivity index (χ1) is 12.0. The molecule has 0 atom stereocenters. The van der Waals surface area contributed by atoms with Gasteiger partial charge in [0.25, 0.3) is 5.91 Å². The van der Waals surface area contributed by atoms with Crippen molar-refractivity contribution in [3.63, 3.8) is 0 Å². The molecule has 0 spiro atoms. The first-order valence-corrected chi connectivity index (χ1v) is 8.69. The summed E-state index contributed by atoms with van der Waals surface area (Å²) in [6.45, 7) is 1.06. The average molecular weight is 351 g/mol. The lowest BCUT2D eigenvalue weighted by Gasteiger charge is -2.39. The van der Waals surface area contributed by atoms with Gasteiger partial charge in [0.1, 0.15) is 6.54 Å². The summed E-state index contributed by atoms with van der Waals surface area (Å²) in [6.07, 6.45) is -0.613. The Balaban J connectivity index is 1.79. The molecule has 2 aromatic rings. The molecule has 4 nitrogen and oxygen atoms in total. The van der Waals surface area contributed by atoms with Crippen LogP contribution >= 0.6 is 0 Å². The Hall–Kier alpha value is -2.02. The SMILES string of the molecule is O=C1c2c(n(CC(F)(F)F)c3ccccc23)CCN1N1CCCCC1. The van der Waals surface area contributed by atoms with E-state index in [-0.39, 0.29) is 5.91 Å². The zero-order chi connectivity index (χ0) is 17.6. The van der Waals surface area contributed by atoms with Crippen molar-refractivity contribution in [2.75, 3.05) is 19.6 Å². The van der Waals surface area contributed by atoms with Crippen molar-refractivity contribution in [1.82, 2.24) is 14.6 Å². The van der Waals surface area contributed by atoms with Crippen LogP contribution in [0, 0.1) is 0 Å². The largest absolute Gasteiger partial charge is 0.406 e. The van der Waals surface area contributed by atoms with Crippen molar-refractivity contribution in [1.29, 1.82) is 0 Å². The normalized spacial score (nSPS) is 19.5. The molecular weight excluding hydrogens is 331 g/mol. The van der Waals surface area contributed by atoms with Gasteiger partial charge in [-0.15, -0.1) is 0 Å². The fraction of sp³-hybridized carbons (Fsp3) is 0.500. The van der Waals surface area contributed by atoms with Crippen molar-refractivity contribution in [2.24, 2.45) is 0 Å². The van der Waals surface area contributed by atoms with Crippen molar-refractivity contribution < 1.29 is 18.0 Å². The van der Waals surface area contributed by atoms with Gasteiger partial charge < -0.3 is 4.57 Å². The minimum absolute atomic E-state index is 0.166. The van der Waals surface area contributed by atoms with Gasteiger partial charge in [-0.2, -0.15) is 13.2 Å². The average Bonchev–Trinajstić information content (AvgIpc) is 2.89. The van der Waals surface area contributed by atoms with Gasteiger partial charge in [0, 0.05) is 42.7 Å². The summed E-state index contributed by atoms with van der Waals surface area (Å²) in [6, 6.07) is 6.90. The highest BCUT2D eigenvalue weighted by atomic mass is 19.4. The first-order valence-electron chi connectivity index (χ1n) is 8.69. The summed E-state index contributed by atoms with van der Waals surface area (Å²) in [4.78, 5) is 13.1. The molecule has 0 unspecified atom stereocenters. The van der Waals surface area contributed by atoms with E-state index in [2.05, 4.69) is 5.01 Å². The van der Waals surface area contributed by atoms with Gasteiger partial charge in [-0.05, 0) is 18.9 Å². The van der Waals surface area contributed by atoms with E-state index in [4.69, 9.17) is 0 Å². The Morgan fingerprint density at radius 1 is 1.00 bits per heavy atom. The van der Waals surface area contributed by atoms with Crippen LogP contribution in [0.3, 0.4) is 0 Å². The molecule has 1 aromatic heterocycles. The predicted octanol–water partition coefficient (Wildman–Crippen LogP) is 3.60. The molecule has 2 aliphatic heterocycles. The summed E-state index contributed by atoms with van der Waals surface area (Å²) in [7, 11) is 0. The van der Waals surface area contributed by atoms with Crippen LogP contribution in [0.25, 0.3) is 10.9 Å². The van der Waals surface area contributed by atoms with Gasteiger partial charge in [0.2, 0.25) is 0 Å². The van der Waals surface area contributed by atoms with Crippen molar-refractivity contribution in [2.45, 2.75) is 38.4 Å². The fourth-order valence-electron chi connectivity index (χ4n) is 4.05. The van der Waals surface area contributed by atoms with E-state index < -0.39 is 12.7 Å². The van der Waals surface area contributed by atoms with Crippen LogP contribution in [-0.2, 0) is 13.0 Å². The number of hydrogen-bond acceptors (Lipinski definition) is 2. The van der Waals surface area contributed by atoms with Crippen LogP contribution in [0.5, 0.6) is 0 Å². The zero-order valence-corrected chi connectivity index (χ0v) is 13.9. The van der Waals surface area contributed by atoms with Gasteiger partial charge >= 0.3 is 6.18 Å². The van der Waals surface area contributed by atoms with Crippen molar-refractivity contribution in [3.05, 3.63) is 35.5 Å². The van der Waals surface area contributed by atoms with Crippen LogP contribution in [0.4, 0.5) is 13.2 Å². The number of nitrogens with zero attached hydrogens (tertiary/aromatic N) is 3. The third-order valence-corrected chi connectivity index (χ3v) is 5.10. The smallest absolute Gasteiger partial charge is 0.335 e. The molecule has 1 aromatic carbocycles. The van der Waals surface area contributed by atoms with E-state index in [1.54, 1.807) is 29.3 Å². The lowest BCUT2D eigenvalue weighted by atomic mass is 10.0. The summed E-state index contributed by atoms with van der Waals surface area (Å²) in [5, 5.41) is 4.42. The number of piperidine rings is 1. The van der Waals surface area contributed by atoms with Crippen LogP contribution in [0.2, 0.25) is 0 Å². The Morgan fingerprint density at radius 2 is 1.72 bits per heavy atom. The van der Waals surface area contributed by atoms with Crippen molar-refractivity contribution in [3.8, 4) is 0 Å². The molecule has 1 saturated heterocycles. The number of carbonyl (C=O) groups is 1. The van der Waals surface area contributed by atoms with E-state index >= 15 is 0 Å². The summed E-state index contributed by atoms with van der Waals surface area (Å²) in [5.41, 5.74) is 1.44. The van der Waals surface area contributed by atoms with Gasteiger partial charge in [0.15, 0.2) is 0 Å². The molecule has 0 bridgehead atoms. The number of benzene rings is 1. The highest BCUT2D eigenvalue weighted by Crippen LogP contribution is 2.34. The minimum Gasteiger partial charge on any atom is -0.335 e. The Kier molecular flexibility index (Phi) is 3.98. The first kappa shape index (κ1) is 16.4. The standard InChI is InChI=1S/C18H20F3N3O/c19-18(20,21)12-23-14-7-3-2-6-13(14)16-15(23)8-11-24(17(16)25)22-9-4-1-5-10-22/h2-3,6-7H,1,4-5,8-12H2. The van der Waals surface area contributed by atoms with Crippen LogP contribution in [0.15, 0.2) is 24.3 Å². The molecule has 25 heavy (non-hydrogen) atoms. The van der Waals surface area contributed by atoms with Gasteiger partial charge in [-0.25, -0.2) is 5.01 Å². The van der Waals surface area contributed by atoms with Crippen LogP contribution in [-0.4, -0.2) is 46.3 Å². The molecular formula is C18H20F3N3O. The molecule has 0 radical (unpaired) electrons. The van der Waals surface area contributed by atoms with Gasteiger partial charge in [0.05, 0.1) is 5.56 Å².